The first-order chi connectivity index (χ1) is 6.52. The van der Waals surface area contributed by atoms with Gasteiger partial charge in [-0.15, -0.1) is 0 Å². The van der Waals surface area contributed by atoms with Crippen LogP contribution >= 0.6 is 0 Å². The lowest BCUT2D eigenvalue weighted by Crippen LogP contribution is -2.37. The van der Waals surface area contributed by atoms with Crippen molar-refractivity contribution in [2.45, 2.75) is 47.0 Å². The van der Waals surface area contributed by atoms with Gasteiger partial charge in [0.25, 0.3) is 0 Å². The van der Waals surface area contributed by atoms with E-state index in [1.54, 1.807) is 0 Å². The number of carbonyl (C=O) groups excluding carboxylic acids is 2. The second-order valence-corrected chi connectivity index (χ2v) is 3.71. The zero-order valence-electron chi connectivity index (χ0n) is 9.67. The summed E-state index contributed by atoms with van der Waals surface area (Å²) in [6.07, 6.45) is 3.20. The van der Waals surface area contributed by atoms with Crippen LogP contribution in [-0.2, 0) is 9.59 Å². The van der Waals surface area contributed by atoms with Gasteiger partial charge in [-0.1, -0.05) is 26.7 Å². The SMILES string of the molecule is CCCC(CC)CN(C(C)=O)C(C)=O. The Morgan fingerprint density at radius 2 is 1.64 bits per heavy atom. The third-order valence-corrected chi connectivity index (χ3v) is 2.48. The summed E-state index contributed by atoms with van der Waals surface area (Å²) < 4.78 is 0. The Morgan fingerprint density at radius 3 is 1.93 bits per heavy atom. The molecule has 0 aliphatic heterocycles. The lowest BCUT2D eigenvalue weighted by molar-refractivity contribution is -0.142. The molecule has 14 heavy (non-hydrogen) atoms. The molecule has 3 heteroatoms. The Hall–Kier alpha value is -0.860. The molecule has 2 amide bonds. The maximum Gasteiger partial charge on any atom is 0.226 e. The van der Waals surface area contributed by atoms with Gasteiger partial charge in [-0.25, -0.2) is 0 Å². The predicted molar refractivity (Wildman–Crippen MR) is 56.8 cm³/mol. The van der Waals surface area contributed by atoms with Crippen LogP contribution in [0, 0.1) is 5.92 Å². The molecule has 0 saturated carbocycles. The summed E-state index contributed by atoms with van der Waals surface area (Å²) in [5, 5.41) is 0. The summed E-state index contributed by atoms with van der Waals surface area (Å²) >= 11 is 0. The number of nitrogens with zero attached hydrogens (tertiary/aromatic N) is 1. The third-order valence-electron chi connectivity index (χ3n) is 2.48. The highest BCUT2D eigenvalue weighted by Crippen LogP contribution is 2.12. The summed E-state index contributed by atoms with van der Waals surface area (Å²) in [5.41, 5.74) is 0. The van der Waals surface area contributed by atoms with Crippen LogP contribution in [0.4, 0.5) is 0 Å². The second kappa shape index (κ2) is 6.57. The smallest absolute Gasteiger partial charge is 0.226 e. The topological polar surface area (TPSA) is 37.4 Å². The lowest BCUT2D eigenvalue weighted by Gasteiger charge is -2.23. The van der Waals surface area contributed by atoms with Crippen LogP contribution in [0.1, 0.15) is 47.0 Å². The fourth-order valence-electron chi connectivity index (χ4n) is 1.57. The zero-order valence-corrected chi connectivity index (χ0v) is 9.67. The van der Waals surface area contributed by atoms with E-state index in [4.69, 9.17) is 0 Å². The molecule has 3 nitrogen and oxygen atoms in total. The largest absolute Gasteiger partial charge is 0.283 e. The van der Waals surface area contributed by atoms with Crippen LogP contribution in [0.25, 0.3) is 0 Å². The average molecular weight is 199 g/mol. The van der Waals surface area contributed by atoms with E-state index in [0.29, 0.717) is 12.5 Å². The Morgan fingerprint density at radius 1 is 1.14 bits per heavy atom. The Bertz CT molecular complexity index is 187. The van der Waals surface area contributed by atoms with Crippen LogP contribution < -0.4 is 0 Å². The molecular formula is C11H21NO2. The van der Waals surface area contributed by atoms with E-state index in [2.05, 4.69) is 13.8 Å². The van der Waals surface area contributed by atoms with E-state index < -0.39 is 0 Å². The summed E-state index contributed by atoms with van der Waals surface area (Å²) in [5.74, 6) is 0.159. The summed E-state index contributed by atoms with van der Waals surface area (Å²) in [6, 6.07) is 0. The van der Waals surface area contributed by atoms with Crippen molar-refractivity contribution >= 4 is 11.8 Å². The molecule has 0 aliphatic carbocycles. The molecule has 82 valence electrons. The fraction of sp³-hybridized carbons (Fsp3) is 0.818. The molecule has 0 saturated heterocycles. The molecule has 0 bridgehead atoms. The average Bonchev–Trinajstić information content (AvgIpc) is 2.10. The van der Waals surface area contributed by atoms with Crippen LogP contribution in [0.5, 0.6) is 0 Å². The first kappa shape index (κ1) is 13.1. The van der Waals surface area contributed by atoms with Gasteiger partial charge in [-0.05, 0) is 12.3 Å². The van der Waals surface area contributed by atoms with Crippen molar-refractivity contribution in [2.24, 2.45) is 5.92 Å². The maximum atomic E-state index is 11.1. The van der Waals surface area contributed by atoms with Crippen molar-refractivity contribution in [2.75, 3.05) is 6.54 Å². The van der Waals surface area contributed by atoms with Gasteiger partial charge in [0.05, 0.1) is 0 Å². The minimum absolute atomic E-state index is 0.146. The number of imide groups is 1. The molecule has 0 radical (unpaired) electrons. The van der Waals surface area contributed by atoms with Gasteiger partial charge in [0, 0.05) is 20.4 Å². The first-order valence-electron chi connectivity index (χ1n) is 5.31. The number of amides is 2. The zero-order chi connectivity index (χ0) is 11.1. The lowest BCUT2D eigenvalue weighted by atomic mass is 10.00. The predicted octanol–water partition coefficient (Wildman–Crippen LogP) is 2.21. The number of hydrogen-bond donors (Lipinski definition) is 0. The maximum absolute atomic E-state index is 11.1. The van der Waals surface area contributed by atoms with Crippen molar-refractivity contribution in [1.29, 1.82) is 0 Å². The minimum atomic E-state index is -0.146. The van der Waals surface area contributed by atoms with Gasteiger partial charge in [-0.2, -0.15) is 0 Å². The Balaban J connectivity index is 4.26. The van der Waals surface area contributed by atoms with E-state index in [1.165, 1.54) is 18.7 Å². The van der Waals surface area contributed by atoms with Gasteiger partial charge in [0.15, 0.2) is 0 Å². The molecule has 1 unspecified atom stereocenters. The molecule has 0 heterocycles. The first-order valence-corrected chi connectivity index (χ1v) is 5.31. The summed E-state index contributed by atoms with van der Waals surface area (Å²) in [7, 11) is 0. The fourth-order valence-corrected chi connectivity index (χ4v) is 1.57. The van der Waals surface area contributed by atoms with Crippen LogP contribution in [0.3, 0.4) is 0 Å². The van der Waals surface area contributed by atoms with Gasteiger partial charge in [0.1, 0.15) is 0 Å². The molecule has 0 N–H and O–H groups in total. The highest BCUT2D eigenvalue weighted by Gasteiger charge is 2.17. The van der Waals surface area contributed by atoms with E-state index in [0.717, 1.165) is 19.3 Å². The third kappa shape index (κ3) is 4.40. The van der Waals surface area contributed by atoms with Crippen LogP contribution in [-0.4, -0.2) is 23.3 Å². The van der Waals surface area contributed by atoms with Gasteiger partial charge in [-0.3, -0.25) is 14.5 Å². The molecule has 0 aromatic carbocycles. The van der Waals surface area contributed by atoms with Gasteiger partial charge in [0.2, 0.25) is 11.8 Å². The molecule has 0 aliphatic rings. The molecule has 0 rings (SSSR count). The Kier molecular flexibility index (Phi) is 6.17. The molecule has 0 spiro atoms. The van der Waals surface area contributed by atoms with Gasteiger partial charge < -0.3 is 0 Å². The van der Waals surface area contributed by atoms with Crippen molar-refractivity contribution in [3.63, 3.8) is 0 Å². The molecular weight excluding hydrogens is 178 g/mol. The molecule has 0 aromatic rings. The van der Waals surface area contributed by atoms with E-state index >= 15 is 0 Å². The van der Waals surface area contributed by atoms with Crippen molar-refractivity contribution in [3.05, 3.63) is 0 Å². The second-order valence-electron chi connectivity index (χ2n) is 3.71. The number of rotatable bonds is 5. The highest BCUT2D eigenvalue weighted by molar-refractivity contribution is 5.92. The van der Waals surface area contributed by atoms with E-state index in [9.17, 15) is 9.59 Å². The summed E-state index contributed by atoms with van der Waals surface area (Å²) in [6.45, 7) is 7.68. The Labute approximate surface area is 86.5 Å². The quantitative estimate of drug-likeness (QED) is 0.680. The van der Waals surface area contributed by atoms with Crippen molar-refractivity contribution in [3.8, 4) is 0 Å². The number of carbonyl (C=O) groups is 2. The standard InChI is InChI=1S/C11H21NO2/c1-5-7-11(6-2)8-12(9(3)13)10(4)14/h11H,5-8H2,1-4H3. The van der Waals surface area contributed by atoms with Crippen LogP contribution in [0.15, 0.2) is 0 Å². The highest BCUT2D eigenvalue weighted by atomic mass is 16.2. The minimum Gasteiger partial charge on any atom is -0.283 e. The normalized spacial score (nSPS) is 12.3. The van der Waals surface area contributed by atoms with Crippen molar-refractivity contribution in [1.82, 2.24) is 4.90 Å². The molecule has 0 fully saturated rings. The molecule has 1 atom stereocenters. The van der Waals surface area contributed by atoms with Gasteiger partial charge >= 0.3 is 0 Å². The van der Waals surface area contributed by atoms with E-state index in [1.807, 2.05) is 0 Å². The summed E-state index contributed by atoms with van der Waals surface area (Å²) in [4.78, 5) is 23.6. The number of hydrogen-bond acceptors (Lipinski definition) is 2. The van der Waals surface area contributed by atoms with Crippen LogP contribution in [0.2, 0.25) is 0 Å². The van der Waals surface area contributed by atoms with E-state index in [-0.39, 0.29) is 11.8 Å². The monoisotopic (exact) mass is 199 g/mol. The van der Waals surface area contributed by atoms with Crippen molar-refractivity contribution < 1.29 is 9.59 Å². The molecule has 0 aromatic heterocycles.